The van der Waals surface area contributed by atoms with Gasteiger partial charge in [0.15, 0.2) is 5.69 Å². The molecule has 19 heavy (non-hydrogen) atoms. The monoisotopic (exact) mass is 264 g/mol. The second kappa shape index (κ2) is 4.15. The van der Waals surface area contributed by atoms with Crippen LogP contribution in [0.5, 0.6) is 0 Å². The molecule has 1 heterocycles. The van der Waals surface area contributed by atoms with Gasteiger partial charge in [0.25, 0.3) is 0 Å². The summed E-state index contributed by atoms with van der Waals surface area (Å²) in [5.41, 5.74) is 1.15. The number of benzene rings is 1. The van der Waals surface area contributed by atoms with E-state index in [2.05, 4.69) is 5.10 Å². The summed E-state index contributed by atoms with van der Waals surface area (Å²) >= 11 is 0. The second-order valence-electron chi connectivity index (χ2n) is 4.44. The highest BCUT2D eigenvalue weighted by molar-refractivity contribution is 5.87. The van der Waals surface area contributed by atoms with Crippen LogP contribution >= 0.6 is 0 Å². The fourth-order valence-corrected chi connectivity index (χ4v) is 2.46. The van der Waals surface area contributed by atoms with Crippen LogP contribution < -0.4 is 0 Å². The van der Waals surface area contributed by atoms with Gasteiger partial charge in [-0.05, 0) is 31.4 Å². The molecule has 3 rings (SSSR count). The fraction of sp³-hybridized carbons (Fsp3) is 0.231. The fourth-order valence-electron chi connectivity index (χ4n) is 2.46. The van der Waals surface area contributed by atoms with E-state index in [0.717, 1.165) is 24.6 Å². The SMILES string of the molecule is O=C(O)c1nn(-c2cc(F)ccc2F)c2c1CCC2. The zero-order valence-corrected chi connectivity index (χ0v) is 9.86. The summed E-state index contributed by atoms with van der Waals surface area (Å²) in [6, 6.07) is 3.04. The van der Waals surface area contributed by atoms with Crippen molar-refractivity contribution in [3.63, 3.8) is 0 Å². The first-order valence-electron chi connectivity index (χ1n) is 5.87. The summed E-state index contributed by atoms with van der Waals surface area (Å²) in [6.07, 6.45) is 2.02. The number of hydrogen-bond donors (Lipinski definition) is 1. The molecule has 1 aromatic heterocycles. The maximum atomic E-state index is 13.8. The van der Waals surface area contributed by atoms with E-state index in [1.54, 1.807) is 0 Å². The first kappa shape index (κ1) is 11.8. The van der Waals surface area contributed by atoms with Crippen LogP contribution in [-0.4, -0.2) is 20.9 Å². The van der Waals surface area contributed by atoms with Crippen molar-refractivity contribution in [1.29, 1.82) is 0 Å². The smallest absolute Gasteiger partial charge is 0.356 e. The van der Waals surface area contributed by atoms with Crippen LogP contribution in [0.3, 0.4) is 0 Å². The van der Waals surface area contributed by atoms with Gasteiger partial charge in [-0.15, -0.1) is 0 Å². The van der Waals surface area contributed by atoms with E-state index in [-0.39, 0.29) is 11.4 Å². The van der Waals surface area contributed by atoms with Gasteiger partial charge in [0, 0.05) is 17.3 Å². The number of aromatic nitrogens is 2. The molecule has 0 fully saturated rings. The van der Waals surface area contributed by atoms with Crippen LogP contribution in [0.1, 0.15) is 28.2 Å². The number of aromatic carboxylic acids is 1. The maximum Gasteiger partial charge on any atom is 0.356 e. The predicted molar refractivity (Wildman–Crippen MR) is 62.5 cm³/mol. The molecule has 0 radical (unpaired) electrons. The Hall–Kier alpha value is -2.24. The summed E-state index contributed by atoms with van der Waals surface area (Å²) in [5, 5.41) is 13.0. The third kappa shape index (κ3) is 1.80. The van der Waals surface area contributed by atoms with Crippen molar-refractivity contribution in [3.8, 4) is 5.69 Å². The van der Waals surface area contributed by atoms with Gasteiger partial charge < -0.3 is 5.11 Å². The molecule has 6 heteroatoms. The third-order valence-corrected chi connectivity index (χ3v) is 3.27. The molecule has 1 N–H and O–H groups in total. The van der Waals surface area contributed by atoms with Gasteiger partial charge in [0.2, 0.25) is 0 Å². The lowest BCUT2D eigenvalue weighted by Crippen LogP contribution is -2.06. The van der Waals surface area contributed by atoms with Crippen molar-refractivity contribution in [2.75, 3.05) is 0 Å². The molecular formula is C13H10F2N2O2. The predicted octanol–water partition coefficient (Wildman–Crippen LogP) is 2.34. The van der Waals surface area contributed by atoms with Crippen molar-refractivity contribution in [2.24, 2.45) is 0 Å². The Morgan fingerprint density at radius 1 is 1.32 bits per heavy atom. The largest absolute Gasteiger partial charge is 0.476 e. The van der Waals surface area contributed by atoms with Crippen LogP contribution in [0.2, 0.25) is 0 Å². The molecule has 0 spiro atoms. The number of nitrogens with zero attached hydrogens (tertiary/aromatic N) is 2. The van der Waals surface area contributed by atoms with E-state index in [1.165, 1.54) is 4.68 Å². The standard InChI is InChI=1S/C13H10F2N2O2/c14-7-4-5-9(15)11(6-7)17-10-3-1-2-8(10)12(16-17)13(18)19/h4-6H,1-3H2,(H,18,19). The lowest BCUT2D eigenvalue weighted by atomic mass is 10.2. The Morgan fingerprint density at radius 3 is 2.84 bits per heavy atom. The van der Waals surface area contributed by atoms with Crippen molar-refractivity contribution in [1.82, 2.24) is 9.78 Å². The van der Waals surface area contributed by atoms with E-state index in [1.807, 2.05) is 0 Å². The molecule has 0 bridgehead atoms. The molecular weight excluding hydrogens is 254 g/mol. The Bertz CT molecular complexity index is 680. The van der Waals surface area contributed by atoms with Gasteiger partial charge in [0.05, 0.1) is 0 Å². The van der Waals surface area contributed by atoms with Gasteiger partial charge >= 0.3 is 5.97 Å². The van der Waals surface area contributed by atoms with Crippen LogP contribution in [0.25, 0.3) is 5.69 Å². The van der Waals surface area contributed by atoms with E-state index in [9.17, 15) is 13.6 Å². The summed E-state index contributed by atoms with van der Waals surface area (Å²) in [7, 11) is 0. The third-order valence-electron chi connectivity index (χ3n) is 3.27. The van der Waals surface area contributed by atoms with E-state index in [0.29, 0.717) is 24.1 Å². The molecule has 0 unspecified atom stereocenters. The summed E-state index contributed by atoms with van der Waals surface area (Å²) in [6.45, 7) is 0. The van der Waals surface area contributed by atoms with Crippen LogP contribution in [0.4, 0.5) is 8.78 Å². The highest BCUT2D eigenvalue weighted by Gasteiger charge is 2.27. The van der Waals surface area contributed by atoms with Crippen molar-refractivity contribution >= 4 is 5.97 Å². The number of fused-ring (bicyclic) bond motifs is 1. The lowest BCUT2D eigenvalue weighted by Gasteiger charge is -2.06. The topological polar surface area (TPSA) is 55.1 Å². The highest BCUT2D eigenvalue weighted by atomic mass is 19.1. The molecule has 0 saturated heterocycles. The number of rotatable bonds is 2. The van der Waals surface area contributed by atoms with Crippen LogP contribution in [-0.2, 0) is 12.8 Å². The van der Waals surface area contributed by atoms with Crippen molar-refractivity contribution < 1.29 is 18.7 Å². The molecule has 4 nitrogen and oxygen atoms in total. The summed E-state index contributed by atoms with van der Waals surface area (Å²) in [5.74, 6) is -2.36. The lowest BCUT2D eigenvalue weighted by molar-refractivity contribution is 0.0689. The minimum absolute atomic E-state index is 0.0503. The molecule has 0 saturated carbocycles. The Morgan fingerprint density at radius 2 is 2.11 bits per heavy atom. The van der Waals surface area contributed by atoms with Gasteiger partial charge in [-0.3, -0.25) is 0 Å². The number of hydrogen-bond acceptors (Lipinski definition) is 2. The van der Waals surface area contributed by atoms with Crippen LogP contribution in [0.15, 0.2) is 18.2 Å². The molecule has 2 aromatic rings. The number of carbonyl (C=O) groups is 1. The van der Waals surface area contributed by atoms with Gasteiger partial charge in [-0.2, -0.15) is 5.10 Å². The minimum atomic E-state index is -1.14. The Labute approximate surface area is 107 Å². The van der Waals surface area contributed by atoms with Gasteiger partial charge in [-0.1, -0.05) is 0 Å². The molecule has 1 aliphatic carbocycles. The first-order chi connectivity index (χ1) is 9.08. The number of carboxylic acid groups (broad SMARTS) is 1. The zero-order valence-electron chi connectivity index (χ0n) is 9.86. The molecule has 98 valence electrons. The van der Waals surface area contributed by atoms with Crippen LogP contribution in [0, 0.1) is 11.6 Å². The Kier molecular flexibility index (Phi) is 2.58. The minimum Gasteiger partial charge on any atom is -0.476 e. The molecule has 0 amide bonds. The van der Waals surface area contributed by atoms with Gasteiger partial charge in [-0.25, -0.2) is 18.3 Å². The quantitative estimate of drug-likeness (QED) is 0.905. The maximum absolute atomic E-state index is 13.8. The normalized spacial score (nSPS) is 13.6. The first-order valence-corrected chi connectivity index (χ1v) is 5.87. The van der Waals surface area contributed by atoms with E-state index in [4.69, 9.17) is 5.11 Å². The molecule has 1 aromatic carbocycles. The van der Waals surface area contributed by atoms with E-state index >= 15 is 0 Å². The Balaban J connectivity index is 2.23. The average Bonchev–Trinajstić information content (AvgIpc) is 2.93. The molecule has 0 atom stereocenters. The number of halogens is 2. The second-order valence-corrected chi connectivity index (χ2v) is 4.44. The van der Waals surface area contributed by atoms with Crippen molar-refractivity contribution in [3.05, 3.63) is 46.8 Å². The summed E-state index contributed by atoms with van der Waals surface area (Å²) < 4.78 is 28.2. The zero-order chi connectivity index (χ0) is 13.6. The molecule has 1 aliphatic rings. The van der Waals surface area contributed by atoms with E-state index < -0.39 is 17.6 Å². The summed E-state index contributed by atoms with van der Waals surface area (Å²) in [4.78, 5) is 11.1. The molecule has 0 aliphatic heterocycles. The highest BCUT2D eigenvalue weighted by Crippen LogP contribution is 2.28. The van der Waals surface area contributed by atoms with Crippen molar-refractivity contribution in [2.45, 2.75) is 19.3 Å². The number of carboxylic acids is 1. The average molecular weight is 264 g/mol. The van der Waals surface area contributed by atoms with Gasteiger partial charge in [0.1, 0.15) is 17.3 Å².